The molecular weight excluding hydrogens is 408 g/mol. The highest BCUT2D eigenvalue weighted by molar-refractivity contribution is 6.00. The highest BCUT2D eigenvalue weighted by Gasteiger charge is 2.05. The molecule has 2 aromatic carbocycles. The first-order chi connectivity index (χ1) is 15.3. The zero-order chi connectivity index (χ0) is 23.3. The van der Waals surface area contributed by atoms with Gasteiger partial charge in [0, 0.05) is 24.0 Å². The molecule has 170 valence electrons. The topological polar surface area (TPSA) is 123 Å². The Morgan fingerprint density at radius 2 is 1.12 bits per heavy atom. The Labute approximate surface area is 188 Å². The number of amides is 2. The van der Waals surface area contributed by atoms with Crippen LogP contribution in [0.3, 0.4) is 0 Å². The van der Waals surface area contributed by atoms with E-state index in [2.05, 4.69) is 21.1 Å². The largest absolute Gasteiger partial charge is 0.508 e. The van der Waals surface area contributed by atoms with Crippen LogP contribution in [0.25, 0.3) is 0 Å². The van der Waals surface area contributed by atoms with Crippen molar-refractivity contribution >= 4 is 23.2 Å². The van der Waals surface area contributed by atoms with Gasteiger partial charge in [-0.3, -0.25) is 9.59 Å². The maximum atomic E-state index is 11.9. The third-order valence-corrected chi connectivity index (χ3v) is 4.78. The number of hydrogen-bond acceptors (Lipinski definition) is 6. The zero-order valence-electron chi connectivity index (χ0n) is 18.5. The van der Waals surface area contributed by atoms with Crippen molar-refractivity contribution in [3.05, 3.63) is 59.7 Å². The smallest absolute Gasteiger partial charge is 0.240 e. The van der Waals surface area contributed by atoms with E-state index in [1.165, 1.54) is 0 Å². The highest BCUT2D eigenvalue weighted by Crippen LogP contribution is 2.12. The number of hydrogen-bond donors (Lipinski definition) is 4. The summed E-state index contributed by atoms with van der Waals surface area (Å²) in [6.07, 6.45) is 3.81. The number of phenols is 2. The van der Waals surface area contributed by atoms with Gasteiger partial charge in [0.05, 0.1) is 11.4 Å². The first-order valence-electron chi connectivity index (χ1n) is 10.6. The van der Waals surface area contributed by atoms with Gasteiger partial charge in [0.2, 0.25) is 11.8 Å². The second-order valence-corrected chi connectivity index (χ2v) is 7.48. The quantitative estimate of drug-likeness (QED) is 0.242. The molecule has 0 fully saturated rings. The van der Waals surface area contributed by atoms with E-state index >= 15 is 0 Å². The maximum absolute atomic E-state index is 11.9. The molecule has 0 saturated carbocycles. The van der Waals surface area contributed by atoms with Gasteiger partial charge in [0.15, 0.2) is 0 Å². The van der Waals surface area contributed by atoms with Crippen LogP contribution < -0.4 is 10.9 Å². The van der Waals surface area contributed by atoms with Crippen molar-refractivity contribution < 1.29 is 19.8 Å². The molecule has 4 N–H and O–H groups in total. The number of benzene rings is 2. The Hall–Kier alpha value is -3.68. The molecule has 0 saturated heterocycles. The molecule has 0 aliphatic rings. The van der Waals surface area contributed by atoms with Crippen LogP contribution in [0, 0.1) is 0 Å². The van der Waals surface area contributed by atoms with Crippen LogP contribution in [0.15, 0.2) is 58.7 Å². The van der Waals surface area contributed by atoms with Gasteiger partial charge in [-0.2, -0.15) is 10.2 Å². The predicted molar refractivity (Wildman–Crippen MR) is 125 cm³/mol. The summed E-state index contributed by atoms with van der Waals surface area (Å²) in [5, 5.41) is 27.1. The SMILES string of the molecule is CC(=NNC(=O)CCCCCCC(=O)NN=C(C)c1cccc(O)c1)c1cccc(O)c1. The van der Waals surface area contributed by atoms with E-state index in [-0.39, 0.29) is 23.3 Å². The Bertz CT molecular complexity index is 906. The Kier molecular flexibility index (Phi) is 9.90. The molecule has 8 nitrogen and oxygen atoms in total. The molecular formula is C24H30N4O4. The van der Waals surface area contributed by atoms with Crippen LogP contribution >= 0.6 is 0 Å². The summed E-state index contributed by atoms with van der Waals surface area (Å²) in [5.74, 6) is -0.0380. The zero-order valence-corrected chi connectivity index (χ0v) is 18.5. The predicted octanol–water partition coefficient (Wildman–Crippen LogP) is 3.82. The van der Waals surface area contributed by atoms with Gasteiger partial charge in [0.1, 0.15) is 11.5 Å². The lowest BCUT2D eigenvalue weighted by Gasteiger charge is -2.05. The van der Waals surface area contributed by atoms with Gasteiger partial charge in [0.25, 0.3) is 0 Å². The first kappa shape index (κ1) is 24.6. The van der Waals surface area contributed by atoms with Crippen LogP contribution in [-0.4, -0.2) is 33.5 Å². The average molecular weight is 439 g/mol. The third kappa shape index (κ3) is 8.99. The van der Waals surface area contributed by atoms with Crippen molar-refractivity contribution in [1.82, 2.24) is 10.9 Å². The van der Waals surface area contributed by atoms with Crippen LogP contribution in [0.2, 0.25) is 0 Å². The number of aromatic hydroxyl groups is 2. The van der Waals surface area contributed by atoms with E-state index in [4.69, 9.17) is 0 Å². The molecule has 8 heteroatoms. The van der Waals surface area contributed by atoms with Gasteiger partial charge >= 0.3 is 0 Å². The first-order valence-corrected chi connectivity index (χ1v) is 10.6. The van der Waals surface area contributed by atoms with Crippen molar-refractivity contribution in [1.29, 1.82) is 0 Å². The molecule has 0 aliphatic heterocycles. The molecule has 0 aliphatic carbocycles. The van der Waals surface area contributed by atoms with E-state index < -0.39 is 0 Å². The minimum absolute atomic E-state index is 0.149. The van der Waals surface area contributed by atoms with E-state index in [1.807, 2.05) is 0 Å². The lowest BCUT2D eigenvalue weighted by Crippen LogP contribution is -2.19. The lowest BCUT2D eigenvalue weighted by atomic mass is 10.1. The second-order valence-electron chi connectivity index (χ2n) is 7.48. The molecule has 32 heavy (non-hydrogen) atoms. The molecule has 0 bridgehead atoms. The Morgan fingerprint density at radius 3 is 1.50 bits per heavy atom. The van der Waals surface area contributed by atoms with Crippen LogP contribution in [0.4, 0.5) is 0 Å². The van der Waals surface area contributed by atoms with Gasteiger partial charge in [-0.05, 0) is 51.0 Å². The van der Waals surface area contributed by atoms with E-state index in [0.29, 0.717) is 37.1 Å². The highest BCUT2D eigenvalue weighted by atomic mass is 16.3. The number of rotatable bonds is 11. The maximum Gasteiger partial charge on any atom is 0.240 e. The molecule has 2 amide bonds. The Balaban J connectivity index is 1.58. The van der Waals surface area contributed by atoms with Gasteiger partial charge in [-0.25, -0.2) is 10.9 Å². The van der Waals surface area contributed by atoms with Crippen LogP contribution in [-0.2, 0) is 9.59 Å². The molecule has 2 rings (SSSR count). The number of carbonyl (C=O) groups excluding carboxylic acids is 2. The standard InChI is InChI=1S/C24H30N4O4/c1-17(19-9-7-11-21(29)15-19)25-27-23(31)13-5-3-4-6-14-24(32)28-26-18(2)20-10-8-12-22(30)16-20/h7-12,15-16,29-30H,3-6,13-14H2,1-2H3,(H,27,31)(H,28,32). The number of carbonyl (C=O) groups is 2. The molecule has 0 radical (unpaired) electrons. The van der Waals surface area contributed by atoms with Crippen LogP contribution in [0.5, 0.6) is 11.5 Å². The Morgan fingerprint density at radius 1 is 0.719 bits per heavy atom. The summed E-state index contributed by atoms with van der Waals surface area (Å²) in [4.78, 5) is 23.8. The average Bonchev–Trinajstić information content (AvgIpc) is 2.78. The molecule has 0 spiro atoms. The minimum Gasteiger partial charge on any atom is -0.508 e. The normalized spacial score (nSPS) is 11.8. The number of nitrogens with one attached hydrogen (secondary N) is 2. The summed E-state index contributed by atoms with van der Waals surface area (Å²) in [6.45, 7) is 3.52. The second kappa shape index (κ2) is 12.9. The molecule has 0 atom stereocenters. The van der Waals surface area contributed by atoms with E-state index in [0.717, 1.165) is 24.0 Å². The van der Waals surface area contributed by atoms with Crippen molar-refractivity contribution in [2.75, 3.05) is 0 Å². The van der Waals surface area contributed by atoms with Gasteiger partial charge in [-0.15, -0.1) is 0 Å². The number of phenolic OH excluding ortho intramolecular Hbond substituents is 2. The third-order valence-electron chi connectivity index (χ3n) is 4.78. The summed E-state index contributed by atoms with van der Waals surface area (Å²) < 4.78 is 0. The van der Waals surface area contributed by atoms with Crippen molar-refractivity contribution in [3.63, 3.8) is 0 Å². The monoisotopic (exact) mass is 438 g/mol. The van der Waals surface area contributed by atoms with Gasteiger partial charge in [-0.1, -0.05) is 37.1 Å². The van der Waals surface area contributed by atoms with Crippen LogP contribution in [0.1, 0.15) is 63.5 Å². The fourth-order valence-corrected chi connectivity index (χ4v) is 2.92. The summed E-state index contributed by atoms with van der Waals surface area (Å²) in [6, 6.07) is 13.4. The van der Waals surface area contributed by atoms with E-state index in [9.17, 15) is 19.8 Å². The minimum atomic E-state index is -0.168. The summed E-state index contributed by atoms with van der Waals surface area (Å²) >= 11 is 0. The number of hydrazone groups is 2. The molecule has 2 aromatic rings. The molecule has 0 aromatic heterocycles. The fourth-order valence-electron chi connectivity index (χ4n) is 2.92. The molecule has 0 unspecified atom stereocenters. The van der Waals surface area contributed by atoms with E-state index in [1.54, 1.807) is 62.4 Å². The van der Waals surface area contributed by atoms with Crippen molar-refractivity contribution in [2.24, 2.45) is 10.2 Å². The summed E-state index contributed by atoms with van der Waals surface area (Å²) in [7, 11) is 0. The fraction of sp³-hybridized carbons (Fsp3) is 0.333. The number of nitrogens with zero attached hydrogens (tertiary/aromatic N) is 2. The van der Waals surface area contributed by atoms with Crippen molar-refractivity contribution in [2.45, 2.75) is 52.4 Å². The van der Waals surface area contributed by atoms with Crippen molar-refractivity contribution in [3.8, 4) is 11.5 Å². The molecule has 0 heterocycles. The summed E-state index contributed by atoms with van der Waals surface area (Å²) in [5.41, 5.74) is 7.76. The van der Waals surface area contributed by atoms with Gasteiger partial charge < -0.3 is 10.2 Å². The lowest BCUT2D eigenvalue weighted by molar-refractivity contribution is -0.122. The number of unbranched alkanes of at least 4 members (excludes halogenated alkanes) is 3.